The molecule has 0 spiro atoms. The fourth-order valence-electron chi connectivity index (χ4n) is 4.33. The summed E-state index contributed by atoms with van der Waals surface area (Å²) in [7, 11) is 0. The van der Waals surface area contributed by atoms with Crippen LogP contribution >= 0.6 is 0 Å². The van der Waals surface area contributed by atoms with E-state index >= 15 is 0 Å². The summed E-state index contributed by atoms with van der Waals surface area (Å²) >= 11 is 0. The highest BCUT2D eigenvalue weighted by Crippen LogP contribution is 2.33. The van der Waals surface area contributed by atoms with Gasteiger partial charge in [-0.05, 0) is 44.6 Å². The van der Waals surface area contributed by atoms with Gasteiger partial charge in [-0.3, -0.25) is 14.9 Å². The molecule has 0 unspecified atom stereocenters. The van der Waals surface area contributed by atoms with Crippen molar-refractivity contribution in [3.8, 4) is 11.6 Å². The summed E-state index contributed by atoms with van der Waals surface area (Å²) < 4.78 is 6.08. The zero-order valence-electron chi connectivity index (χ0n) is 17.6. The first kappa shape index (κ1) is 19.4. The van der Waals surface area contributed by atoms with E-state index in [0.29, 0.717) is 30.4 Å². The van der Waals surface area contributed by atoms with Crippen LogP contribution in [0.15, 0.2) is 40.9 Å². The minimum Gasteiger partial charge on any atom is -0.417 e. The lowest BCUT2D eigenvalue weighted by Crippen LogP contribution is -2.39. The van der Waals surface area contributed by atoms with E-state index in [2.05, 4.69) is 25.4 Å². The quantitative estimate of drug-likeness (QED) is 0.541. The molecule has 8 heteroatoms. The number of hydrogen-bond donors (Lipinski definition) is 1. The molecule has 158 valence electrons. The fraction of sp³-hybridized carbons (Fsp3) is 0.348. The molecule has 1 saturated heterocycles. The van der Waals surface area contributed by atoms with E-state index in [1.165, 1.54) is 0 Å². The fourth-order valence-corrected chi connectivity index (χ4v) is 4.33. The Kier molecular flexibility index (Phi) is 4.97. The predicted octanol–water partition coefficient (Wildman–Crippen LogP) is 3.92. The van der Waals surface area contributed by atoms with Crippen molar-refractivity contribution in [3.63, 3.8) is 0 Å². The number of carbonyl (C=O) groups is 1. The molecule has 4 heterocycles. The highest BCUT2D eigenvalue weighted by molar-refractivity contribution is 5.92. The Morgan fingerprint density at radius 3 is 2.90 bits per heavy atom. The summed E-state index contributed by atoms with van der Waals surface area (Å²) in [4.78, 5) is 19.5. The van der Waals surface area contributed by atoms with Crippen molar-refractivity contribution in [2.24, 2.45) is 0 Å². The maximum absolute atomic E-state index is 13.2. The lowest BCUT2D eigenvalue weighted by Gasteiger charge is -2.33. The predicted molar refractivity (Wildman–Crippen MR) is 115 cm³/mol. The monoisotopic (exact) mass is 416 g/mol. The number of nitrogens with zero attached hydrogens (tertiary/aromatic N) is 5. The van der Waals surface area contributed by atoms with Crippen LogP contribution in [0.3, 0.4) is 0 Å². The van der Waals surface area contributed by atoms with Crippen LogP contribution in [0.25, 0.3) is 22.4 Å². The van der Waals surface area contributed by atoms with E-state index in [9.17, 15) is 4.79 Å². The average Bonchev–Trinajstić information content (AvgIpc) is 3.41. The number of fused-ring (bicyclic) bond motifs is 1. The second-order valence-electron chi connectivity index (χ2n) is 8.01. The molecule has 0 radical (unpaired) electrons. The molecule has 0 aliphatic carbocycles. The number of aromatic amines is 1. The van der Waals surface area contributed by atoms with Gasteiger partial charge in [-0.25, -0.2) is 0 Å². The Balaban J connectivity index is 1.43. The lowest BCUT2D eigenvalue weighted by atomic mass is 10.0. The van der Waals surface area contributed by atoms with Crippen molar-refractivity contribution < 1.29 is 9.21 Å². The maximum Gasteiger partial charge on any atom is 0.267 e. The number of amides is 1. The Labute approximate surface area is 179 Å². The van der Waals surface area contributed by atoms with E-state index in [1.54, 1.807) is 6.20 Å². The van der Waals surface area contributed by atoms with Crippen LogP contribution in [0.1, 0.15) is 48.1 Å². The summed E-state index contributed by atoms with van der Waals surface area (Å²) in [5.41, 5.74) is 3.42. The van der Waals surface area contributed by atoms with Crippen LogP contribution in [-0.4, -0.2) is 42.7 Å². The molecule has 1 atom stereocenters. The third-order valence-electron chi connectivity index (χ3n) is 6.03. The molecular formula is C23H24N6O2. The third kappa shape index (κ3) is 3.58. The van der Waals surface area contributed by atoms with Crippen LogP contribution in [0.2, 0.25) is 0 Å². The minimum absolute atomic E-state index is 0.0559. The van der Waals surface area contributed by atoms with E-state index < -0.39 is 0 Å². The zero-order chi connectivity index (χ0) is 21.4. The average molecular weight is 416 g/mol. The van der Waals surface area contributed by atoms with E-state index in [1.807, 2.05) is 49.1 Å². The number of aryl methyl sites for hydroxylation is 2. The Bertz CT molecular complexity index is 1220. The number of aromatic nitrogens is 5. The molecular weight excluding hydrogens is 392 g/mol. The lowest BCUT2D eigenvalue weighted by molar-refractivity contribution is -0.134. The van der Waals surface area contributed by atoms with Crippen LogP contribution < -0.4 is 0 Å². The number of pyridine rings is 1. The maximum atomic E-state index is 13.2. The summed E-state index contributed by atoms with van der Waals surface area (Å²) in [6, 6.07) is 9.71. The third-order valence-corrected chi connectivity index (χ3v) is 6.03. The van der Waals surface area contributed by atoms with Crippen molar-refractivity contribution in [2.75, 3.05) is 6.54 Å². The minimum atomic E-state index is -0.218. The van der Waals surface area contributed by atoms with E-state index in [4.69, 9.17) is 4.42 Å². The molecule has 1 N–H and O–H groups in total. The van der Waals surface area contributed by atoms with Crippen molar-refractivity contribution in [1.82, 2.24) is 30.3 Å². The number of piperidine rings is 1. The second-order valence-corrected chi connectivity index (χ2v) is 8.01. The number of carbonyl (C=O) groups excluding carboxylic acids is 1. The number of likely N-dealkylation sites (tertiary alicyclic amines) is 1. The van der Waals surface area contributed by atoms with Crippen molar-refractivity contribution in [3.05, 3.63) is 59.4 Å². The summed E-state index contributed by atoms with van der Waals surface area (Å²) in [6.07, 6.45) is 4.85. The topological polar surface area (TPSA) is 101 Å². The van der Waals surface area contributed by atoms with Gasteiger partial charge in [0.1, 0.15) is 11.7 Å². The first-order valence-electron chi connectivity index (χ1n) is 10.6. The van der Waals surface area contributed by atoms with Crippen molar-refractivity contribution in [2.45, 2.75) is 45.6 Å². The molecule has 1 aliphatic heterocycles. The molecule has 1 aromatic carbocycles. The van der Waals surface area contributed by atoms with Crippen LogP contribution in [-0.2, 0) is 11.2 Å². The van der Waals surface area contributed by atoms with Crippen molar-refractivity contribution >= 4 is 16.7 Å². The van der Waals surface area contributed by atoms with Gasteiger partial charge in [0.25, 0.3) is 5.89 Å². The summed E-state index contributed by atoms with van der Waals surface area (Å²) in [5.74, 6) is 0.907. The van der Waals surface area contributed by atoms with Gasteiger partial charge in [0.05, 0.1) is 12.1 Å². The second kappa shape index (κ2) is 7.94. The first-order chi connectivity index (χ1) is 15.1. The largest absolute Gasteiger partial charge is 0.417 e. The Morgan fingerprint density at radius 1 is 1.19 bits per heavy atom. The number of rotatable bonds is 4. The van der Waals surface area contributed by atoms with Gasteiger partial charge in [0, 0.05) is 29.4 Å². The standard InChI is InChI=1S/C23H24N6O2/c1-14-18(15(2)26-25-14)13-20(30)29-12-6-5-9-19(29)22-27-28-23(31-22)21-17-8-4-3-7-16(17)10-11-24-21/h3-4,7-8,10-11,19H,5-6,9,12-13H2,1-2H3,(H,25,26)/t19-/m1/s1. The van der Waals surface area contributed by atoms with Crippen LogP contribution in [0.5, 0.6) is 0 Å². The summed E-state index contributed by atoms with van der Waals surface area (Å²) in [5, 5.41) is 17.8. The Morgan fingerprint density at radius 2 is 2.06 bits per heavy atom. The van der Waals surface area contributed by atoms with Crippen molar-refractivity contribution in [1.29, 1.82) is 0 Å². The molecule has 5 rings (SSSR count). The highest BCUT2D eigenvalue weighted by atomic mass is 16.4. The molecule has 1 amide bonds. The molecule has 0 saturated carbocycles. The molecule has 0 bridgehead atoms. The molecule has 8 nitrogen and oxygen atoms in total. The molecule has 31 heavy (non-hydrogen) atoms. The van der Waals surface area contributed by atoms with E-state index in [0.717, 1.165) is 47.0 Å². The van der Waals surface area contributed by atoms with Crippen LogP contribution in [0.4, 0.5) is 0 Å². The highest BCUT2D eigenvalue weighted by Gasteiger charge is 2.32. The van der Waals surface area contributed by atoms with Gasteiger partial charge in [-0.2, -0.15) is 5.10 Å². The molecule has 1 aliphatic rings. The van der Waals surface area contributed by atoms with Gasteiger partial charge in [-0.1, -0.05) is 24.3 Å². The summed E-state index contributed by atoms with van der Waals surface area (Å²) in [6.45, 7) is 4.54. The first-order valence-corrected chi connectivity index (χ1v) is 10.6. The number of H-pyrrole nitrogens is 1. The SMILES string of the molecule is Cc1n[nH]c(C)c1CC(=O)N1CCCC[C@@H]1c1nnc(-c2nccc3ccccc23)o1. The van der Waals surface area contributed by atoms with Gasteiger partial charge in [0.2, 0.25) is 11.8 Å². The smallest absolute Gasteiger partial charge is 0.267 e. The van der Waals surface area contributed by atoms with Gasteiger partial charge in [-0.15, -0.1) is 10.2 Å². The zero-order valence-corrected chi connectivity index (χ0v) is 17.6. The number of benzene rings is 1. The number of hydrogen-bond acceptors (Lipinski definition) is 6. The molecule has 1 fully saturated rings. The van der Waals surface area contributed by atoms with Gasteiger partial charge < -0.3 is 9.32 Å². The Hall–Kier alpha value is -3.55. The number of nitrogens with one attached hydrogen (secondary N) is 1. The van der Waals surface area contributed by atoms with Gasteiger partial charge >= 0.3 is 0 Å². The van der Waals surface area contributed by atoms with E-state index in [-0.39, 0.29) is 11.9 Å². The molecule has 3 aromatic heterocycles. The normalized spacial score (nSPS) is 16.7. The molecule has 4 aromatic rings. The van der Waals surface area contributed by atoms with Gasteiger partial charge in [0.15, 0.2) is 0 Å². The van der Waals surface area contributed by atoms with Crippen LogP contribution in [0, 0.1) is 13.8 Å².